The van der Waals surface area contributed by atoms with Crippen LogP contribution in [-0.4, -0.2) is 24.5 Å². The molecule has 0 unspecified atom stereocenters. The Morgan fingerprint density at radius 2 is 2.12 bits per heavy atom. The molecule has 1 amide bonds. The summed E-state index contributed by atoms with van der Waals surface area (Å²) in [7, 11) is 1.59. The molecule has 0 aliphatic carbocycles. The first-order valence-corrected chi connectivity index (χ1v) is 6.02. The van der Waals surface area contributed by atoms with Crippen molar-refractivity contribution in [1.29, 1.82) is 0 Å². The number of methoxy groups -OCH3 is 1. The minimum Gasteiger partial charge on any atom is -0.481 e. The first kappa shape index (κ1) is 15.4. The van der Waals surface area contributed by atoms with E-state index in [1.165, 1.54) is 0 Å². The van der Waals surface area contributed by atoms with E-state index in [4.69, 9.17) is 4.74 Å². The molecule has 96 valence electrons. The van der Waals surface area contributed by atoms with Crippen LogP contribution in [0.15, 0.2) is 18.3 Å². The maximum Gasteiger partial charge on any atom is 0.219 e. The molecular formula is C13H22N2O2. The van der Waals surface area contributed by atoms with E-state index in [1.54, 1.807) is 13.3 Å². The summed E-state index contributed by atoms with van der Waals surface area (Å²) < 4.78 is 4.95. The van der Waals surface area contributed by atoms with Gasteiger partial charge < -0.3 is 10.1 Å². The zero-order valence-corrected chi connectivity index (χ0v) is 11.1. The van der Waals surface area contributed by atoms with Crippen molar-refractivity contribution >= 4 is 5.91 Å². The number of amides is 1. The van der Waals surface area contributed by atoms with Crippen molar-refractivity contribution in [2.45, 2.75) is 33.6 Å². The Morgan fingerprint density at radius 1 is 1.41 bits per heavy atom. The topological polar surface area (TPSA) is 51.2 Å². The van der Waals surface area contributed by atoms with Crippen LogP contribution in [0.3, 0.4) is 0 Å². The highest BCUT2D eigenvalue weighted by molar-refractivity contribution is 5.75. The second kappa shape index (κ2) is 9.63. The molecule has 0 fully saturated rings. The maximum absolute atomic E-state index is 11.0. The Hall–Kier alpha value is -1.58. The van der Waals surface area contributed by atoms with Gasteiger partial charge in [0.1, 0.15) is 0 Å². The second-order valence-corrected chi connectivity index (χ2v) is 3.16. The molecule has 0 aromatic carbocycles. The highest BCUT2D eigenvalue weighted by Gasteiger charge is 1.98. The molecule has 1 aromatic rings. The van der Waals surface area contributed by atoms with Gasteiger partial charge in [0.15, 0.2) is 0 Å². The summed E-state index contributed by atoms with van der Waals surface area (Å²) in [5.74, 6) is 0.688. The van der Waals surface area contributed by atoms with Crippen LogP contribution < -0.4 is 10.1 Å². The number of pyridine rings is 1. The molecule has 1 aromatic heterocycles. The zero-order valence-electron chi connectivity index (χ0n) is 11.1. The number of nitrogens with one attached hydrogen (secondary N) is 1. The van der Waals surface area contributed by atoms with Crippen LogP contribution in [0.4, 0.5) is 0 Å². The molecule has 0 radical (unpaired) electrons. The Kier molecular flexibility index (Phi) is 8.74. The zero-order chi connectivity index (χ0) is 13.1. The van der Waals surface area contributed by atoms with Crippen molar-refractivity contribution < 1.29 is 9.53 Å². The van der Waals surface area contributed by atoms with Crippen LogP contribution in [0.5, 0.6) is 5.88 Å². The standard InChI is InChI=1S/C11H16N2O2.C2H6/c1-3-10(14)12-7-6-9-4-5-11(15-2)13-8-9;1-2/h4-5,8H,3,6-7H2,1-2H3,(H,12,14);1-2H3. The van der Waals surface area contributed by atoms with Gasteiger partial charge in [-0.3, -0.25) is 4.79 Å². The van der Waals surface area contributed by atoms with Gasteiger partial charge in [-0.1, -0.05) is 26.8 Å². The molecule has 0 atom stereocenters. The lowest BCUT2D eigenvalue weighted by Crippen LogP contribution is -2.24. The van der Waals surface area contributed by atoms with Crippen LogP contribution in [0.2, 0.25) is 0 Å². The van der Waals surface area contributed by atoms with Crippen LogP contribution in [0.1, 0.15) is 32.8 Å². The van der Waals surface area contributed by atoms with Crippen molar-refractivity contribution in [2.75, 3.05) is 13.7 Å². The highest BCUT2D eigenvalue weighted by Crippen LogP contribution is 2.06. The lowest BCUT2D eigenvalue weighted by atomic mass is 10.2. The number of hydrogen-bond donors (Lipinski definition) is 1. The fraction of sp³-hybridized carbons (Fsp3) is 0.538. The van der Waals surface area contributed by atoms with Gasteiger partial charge in [-0.2, -0.15) is 0 Å². The molecule has 0 aliphatic heterocycles. The third-order valence-electron chi connectivity index (χ3n) is 2.06. The number of rotatable bonds is 5. The summed E-state index contributed by atoms with van der Waals surface area (Å²) in [5, 5.41) is 2.81. The summed E-state index contributed by atoms with van der Waals surface area (Å²) in [6.07, 6.45) is 3.08. The molecule has 0 bridgehead atoms. The number of carbonyl (C=O) groups is 1. The minimum atomic E-state index is 0.0801. The van der Waals surface area contributed by atoms with E-state index in [2.05, 4.69) is 10.3 Å². The van der Waals surface area contributed by atoms with Gasteiger partial charge in [0, 0.05) is 25.2 Å². The van der Waals surface area contributed by atoms with Crippen LogP contribution in [0, 0.1) is 0 Å². The van der Waals surface area contributed by atoms with Crippen molar-refractivity contribution in [3.05, 3.63) is 23.9 Å². The normalized spacial score (nSPS) is 8.94. The smallest absolute Gasteiger partial charge is 0.219 e. The van der Waals surface area contributed by atoms with Gasteiger partial charge in [-0.05, 0) is 12.0 Å². The van der Waals surface area contributed by atoms with Crippen molar-refractivity contribution in [1.82, 2.24) is 10.3 Å². The summed E-state index contributed by atoms with van der Waals surface area (Å²) in [4.78, 5) is 15.0. The molecule has 0 saturated carbocycles. The minimum absolute atomic E-state index is 0.0801. The Bertz CT molecular complexity index is 310. The van der Waals surface area contributed by atoms with E-state index in [-0.39, 0.29) is 5.91 Å². The average molecular weight is 238 g/mol. The third kappa shape index (κ3) is 6.56. The van der Waals surface area contributed by atoms with E-state index in [9.17, 15) is 4.79 Å². The number of carbonyl (C=O) groups excluding carboxylic acids is 1. The molecule has 4 heteroatoms. The lowest BCUT2D eigenvalue weighted by Gasteiger charge is -2.04. The van der Waals surface area contributed by atoms with Crippen molar-refractivity contribution in [3.8, 4) is 5.88 Å². The molecule has 4 nitrogen and oxygen atoms in total. The Balaban J connectivity index is 0.00000121. The van der Waals surface area contributed by atoms with Gasteiger partial charge in [0.05, 0.1) is 7.11 Å². The number of nitrogens with zero attached hydrogens (tertiary/aromatic N) is 1. The van der Waals surface area contributed by atoms with E-state index in [1.807, 2.05) is 32.9 Å². The third-order valence-corrected chi connectivity index (χ3v) is 2.06. The first-order valence-electron chi connectivity index (χ1n) is 6.02. The van der Waals surface area contributed by atoms with E-state index in [0.717, 1.165) is 12.0 Å². The van der Waals surface area contributed by atoms with Gasteiger partial charge in [-0.15, -0.1) is 0 Å². The van der Waals surface area contributed by atoms with E-state index < -0.39 is 0 Å². The van der Waals surface area contributed by atoms with Crippen LogP contribution in [-0.2, 0) is 11.2 Å². The molecule has 17 heavy (non-hydrogen) atoms. The molecule has 1 rings (SSSR count). The number of hydrogen-bond acceptors (Lipinski definition) is 3. The monoisotopic (exact) mass is 238 g/mol. The van der Waals surface area contributed by atoms with Gasteiger partial charge in [0.2, 0.25) is 11.8 Å². The van der Waals surface area contributed by atoms with Gasteiger partial charge in [0.25, 0.3) is 0 Å². The second-order valence-electron chi connectivity index (χ2n) is 3.16. The van der Waals surface area contributed by atoms with Crippen LogP contribution in [0.25, 0.3) is 0 Å². The average Bonchev–Trinajstić information content (AvgIpc) is 2.41. The van der Waals surface area contributed by atoms with E-state index >= 15 is 0 Å². The molecule has 0 saturated heterocycles. The van der Waals surface area contributed by atoms with Crippen molar-refractivity contribution in [2.24, 2.45) is 0 Å². The lowest BCUT2D eigenvalue weighted by molar-refractivity contribution is -0.120. The predicted octanol–water partition coefficient (Wildman–Crippen LogP) is 2.19. The number of aromatic nitrogens is 1. The summed E-state index contributed by atoms with van der Waals surface area (Å²) >= 11 is 0. The molecule has 0 aliphatic rings. The molecule has 0 spiro atoms. The van der Waals surface area contributed by atoms with E-state index in [0.29, 0.717) is 18.8 Å². The summed E-state index contributed by atoms with van der Waals surface area (Å²) in [6, 6.07) is 3.76. The fourth-order valence-corrected chi connectivity index (χ4v) is 1.15. The van der Waals surface area contributed by atoms with Crippen molar-refractivity contribution in [3.63, 3.8) is 0 Å². The Morgan fingerprint density at radius 3 is 2.59 bits per heavy atom. The van der Waals surface area contributed by atoms with Crippen LogP contribution >= 0.6 is 0 Å². The highest BCUT2D eigenvalue weighted by atomic mass is 16.5. The summed E-state index contributed by atoms with van der Waals surface area (Å²) in [6.45, 7) is 6.49. The Labute approximate surface area is 103 Å². The predicted molar refractivity (Wildman–Crippen MR) is 69.1 cm³/mol. The quantitative estimate of drug-likeness (QED) is 0.855. The molecular weight excluding hydrogens is 216 g/mol. The van der Waals surface area contributed by atoms with Gasteiger partial charge >= 0.3 is 0 Å². The molecule has 1 N–H and O–H groups in total. The molecule has 1 heterocycles. The number of ether oxygens (including phenoxy) is 1. The van der Waals surface area contributed by atoms with Gasteiger partial charge in [-0.25, -0.2) is 4.98 Å². The maximum atomic E-state index is 11.0. The first-order chi connectivity index (χ1) is 8.26. The SMILES string of the molecule is CC.CCC(=O)NCCc1ccc(OC)nc1. The largest absolute Gasteiger partial charge is 0.481 e. The fourth-order valence-electron chi connectivity index (χ4n) is 1.15. The summed E-state index contributed by atoms with van der Waals surface area (Å²) in [5.41, 5.74) is 1.09.